The lowest BCUT2D eigenvalue weighted by molar-refractivity contribution is -0.137. The lowest BCUT2D eigenvalue weighted by atomic mass is 9.96. The fourth-order valence-electron chi connectivity index (χ4n) is 5.03. The molecule has 3 heterocycles. The Hall–Kier alpha value is -3.45. The van der Waals surface area contributed by atoms with Crippen molar-refractivity contribution in [1.82, 2.24) is 19.4 Å². The molecule has 0 radical (unpaired) electrons. The smallest absolute Gasteiger partial charge is 0.349 e. The Balaban J connectivity index is 1.70. The summed E-state index contributed by atoms with van der Waals surface area (Å²) in [7, 11) is 1.63. The van der Waals surface area contributed by atoms with E-state index in [4.69, 9.17) is 0 Å². The summed E-state index contributed by atoms with van der Waals surface area (Å²) in [4.78, 5) is 26.0. The first-order valence-corrected chi connectivity index (χ1v) is 12.1. The number of halogens is 3. The number of piperazine rings is 1. The average Bonchev–Trinajstić information content (AvgIpc) is 2.88. The van der Waals surface area contributed by atoms with E-state index in [9.17, 15) is 23.2 Å². The first-order chi connectivity index (χ1) is 17.1. The van der Waals surface area contributed by atoms with E-state index in [1.807, 2.05) is 6.92 Å². The van der Waals surface area contributed by atoms with E-state index >= 15 is 0 Å². The molecule has 3 atom stereocenters. The van der Waals surface area contributed by atoms with Crippen molar-refractivity contribution in [3.8, 4) is 6.07 Å². The summed E-state index contributed by atoms with van der Waals surface area (Å²) >= 11 is 0. The van der Waals surface area contributed by atoms with Crippen molar-refractivity contribution in [3.63, 3.8) is 0 Å². The van der Waals surface area contributed by atoms with Gasteiger partial charge in [-0.2, -0.15) is 23.4 Å². The molecule has 0 saturated carbocycles. The van der Waals surface area contributed by atoms with Crippen LogP contribution in [0.4, 0.5) is 19.0 Å². The predicted octanol–water partition coefficient (Wildman–Crippen LogP) is 4.66. The van der Waals surface area contributed by atoms with Crippen molar-refractivity contribution in [2.75, 3.05) is 18.0 Å². The minimum atomic E-state index is -4.37. The Kier molecular flexibility index (Phi) is 7.05. The van der Waals surface area contributed by atoms with Crippen molar-refractivity contribution in [2.24, 2.45) is 7.05 Å². The summed E-state index contributed by atoms with van der Waals surface area (Å²) in [5.74, 6) is 0.470. The fourth-order valence-corrected chi connectivity index (χ4v) is 5.03. The van der Waals surface area contributed by atoms with Crippen LogP contribution in [-0.2, 0) is 13.2 Å². The molecule has 3 aromatic rings. The van der Waals surface area contributed by atoms with Crippen LogP contribution >= 0.6 is 0 Å². The van der Waals surface area contributed by atoms with E-state index in [2.05, 4.69) is 39.7 Å². The molecule has 0 N–H and O–H groups in total. The number of anilines is 1. The van der Waals surface area contributed by atoms with Gasteiger partial charge in [-0.05, 0) is 49.6 Å². The Morgan fingerprint density at radius 3 is 2.31 bits per heavy atom. The lowest BCUT2D eigenvalue weighted by Gasteiger charge is -2.49. The molecule has 1 fully saturated rings. The Morgan fingerprint density at radius 2 is 1.72 bits per heavy atom. The maximum Gasteiger partial charge on any atom is 0.416 e. The third-order valence-electron chi connectivity index (χ3n) is 7.22. The number of benzene rings is 1. The van der Waals surface area contributed by atoms with Gasteiger partial charge in [-0.3, -0.25) is 9.47 Å². The number of fused-ring (bicyclic) bond motifs is 1. The molecule has 1 saturated heterocycles. The maximum atomic E-state index is 13.0. The van der Waals surface area contributed by atoms with Gasteiger partial charge in [-0.15, -0.1) is 0 Å². The van der Waals surface area contributed by atoms with Crippen LogP contribution < -0.4 is 10.6 Å². The summed E-state index contributed by atoms with van der Waals surface area (Å²) in [6.45, 7) is 7.37. The van der Waals surface area contributed by atoms with Crippen LogP contribution in [0.5, 0.6) is 0 Å². The SMILES string of the molecule is CCC1CN(C(C)c2ccc(C(F)(F)F)cc2)[C@H](CC)CN1c1nc(=O)n(C)c2ccc(C#N)nc12. The summed E-state index contributed by atoms with van der Waals surface area (Å²) in [5, 5.41) is 9.38. The van der Waals surface area contributed by atoms with Crippen LogP contribution in [0, 0.1) is 11.3 Å². The van der Waals surface area contributed by atoms with E-state index in [1.54, 1.807) is 31.3 Å². The number of nitrogens with zero attached hydrogens (tertiary/aromatic N) is 6. The van der Waals surface area contributed by atoms with Gasteiger partial charge in [0.2, 0.25) is 0 Å². The van der Waals surface area contributed by atoms with Gasteiger partial charge in [0.15, 0.2) is 5.82 Å². The van der Waals surface area contributed by atoms with E-state index in [1.165, 1.54) is 4.57 Å². The number of aryl methyl sites for hydroxylation is 1. The topological polar surface area (TPSA) is 78.0 Å². The molecule has 1 aliphatic rings. The van der Waals surface area contributed by atoms with Crippen molar-refractivity contribution in [2.45, 2.75) is 57.9 Å². The maximum absolute atomic E-state index is 13.0. The molecule has 190 valence electrons. The molecule has 0 bridgehead atoms. The molecule has 1 aromatic carbocycles. The van der Waals surface area contributed by atoms with Gasteiger partial charge in [-0.25, -0.2) is 9.78 Å². The van der Waals surface area contributed by atoms with E-state index < -0.39 is 17.4 Å². The van der Waals surface area contributed by atoms with Gasteiger partial charge >= 0.3 is 11.9 Å². The highest BCUT2D eigenvalue weighted by molar-refractivity contribution is 5.86. The minimum absolute atomic E-state index is 0.0000429. The van der Waals surface area contributed by atoms with E-state index in [0.717, 1.165) is 30.5 Å². The van der Waals surface area contributed by atoms with Crippen molar-refractivity contribution >= 4 is 16.9 Å². The highest BCUT2D eigenvalue weighted by atomic mass is 19.4. The van der Waals surface area contributed by atoms with Crippen LogP contribution in [0.25, 0.3) is 11.0 Å². The first kappa shape index (κ1) is 25.6. The summed E-state index contributed by atoms with van der Waals surface area (Å²) < 4.78 is 40.5. The van der Waals surface area contributed by atoms with Crippen LogP contribution in [0.15, 0.2) is 41.2 Å². The molecule has 2 unspecified atom stereocenters. The number of rotatable bonds is 5. The number of aromatic nitrogens is 3. The van der Waals surface area contributed by atoms with E-state index in [-0.39, 0.29) is 23.8 Å². The molecule has 0 aliphatic carbocycles. The van der Waals surface area contributed by atoms with Crippen LogP contribution in [0.2, 0.25) is 0 Å². The van der Waals surface area contributed by atoms with Crippen LogP contribution in [0.3, 0.4) is 0 Å². The van der Waals surface area contributed by atoms with Gasteiger partial charge in [0.25, 0.3) is 0 Å². The second kappa shape index (κ2) is 9.90. The molecule has 10 heteroatoms. The number of pyridine rings is 1. The third kappa shape index (κ3) is 4.67. The van der Waals surface area contributed by atoms with Crippen LogP contribution in [-0.4, -0.2) is 44.6 Å². The second-order valence-corrected chi connectivity index (χ2v) is 9.22. The van der Waals surface area contributed by atoms with Crippen molar-refractivity contribution in [1.29, 1.82) is 5.26 Å². The largest absolute Gasteiger partial charge is 0.416 e. The zero-order chi connectivity index (χ0) is 26.2. The highest BCUT2D eigenvalue weighted by Crippen LogP contribution is 2.35. The molecule has 0 amide bonds. The van der Waals surface area contributed by atoms with Gasteiger partial charge < -0.3 is 4.90 Å². The fraction of sp³-hybridized carbons (Fsp3) is 0.462. The third-order valence-corrected chi connectivity index (χ3v) is 7.22. The number of nitriles is 1. The molecule has 1 aliphatic heterocycles. The van der Waals surface area contributed by atoms with Gasteiger partial charge in [0.1, 0.15) is 17.3 Å². The Morgan fingerprint density at radius 1 is 1.06 bits per heavy atom. The molecular weight excluding hydrogens is 469 g/mol. The summed E-state index contributed by atoms with van der Waals surface area (Å²) in [5.41, 5.74) is 1.13. The van der Waals surface area contributed by atoms with Gasteiger partial charge in [0, 0.05) is 38.3 Å². The quantitative estimate of drug-likeness (QED) is 0.509. The molecular formula is C26H29F3N6O. The first-order valence-electron chi connectivity index (χ1n) is 12.1. The van der Waals surface area contributed by atoms with Gasteiger partial charge in [-0.1, -0.05) is 26.0 Å². The molecule has 36 heavy (non-hydrogen) atoms. The van der Waals surface area contributed by atoms with E-state index in [0.29, 0.717) is 29.9 Å². The predicted molar refractivity (Wildman–Crippen MR) is 132 cm³/mol. The second-order valence-electron chi connectivity index (χ2n) is 9.22. The minimum Gasteiger partial charge on any atom is -0.349 e. The number of alkyl halides is 3. The highest BCUT2D eigenvalue weighted by Gasteiger charge is 2.37. The van der Waals surface area contributed by atoms with Crippen LogP contribution in [0.1, 0.15) is 56.5 Å². The van der Waals surface area contributed by atoms with Crippen molar-refractivity contribution in [3.05, 3.63) is 63.7 Å². The monoisotopic (exact) mass is 498 g/mol. The molecule has 7 nitrogen and oxygen atoms in total. The molecule has 2 aromatic heterocycles. The zero-order valence-electron chi connectivity index (χ0n) is 20.8. The zero-order valence-corrected chi connectivity index (χ0v) is 20.8. The standard InChI is InChI=1S/C26H29F3N6O/c1-5-20-15-35(24-23-22(33(4)25(36)32-24)12-11-19(13-30)31-23)21(6-2)14-34(20)16(3)17-7-9-18(10-8-17)26(27,28)29/h7-12,16,20-21H,5-6,14-15H2,1-4H3/t16?,20-,21?/m1/s1. The normalized spacial score (nSPS) is 19.9. The Bertz CT molecular complexity index is 1350. The number of hydrogen-bond donors (Lipinski definition) is 0. The average molecular weight is 499 g/mol. The van der Waals surface area contributed by atoms with Crippen molar-refractivity contribution < 1.29 is 13.2 Å². The lowest BCUT2D eigenvalue weighted by Crippen LogP contribution is -2.59. The Labute approximate surface area is 207 Å². The molecule has 4 rings (SSSR count). The number of hydrogen-bond acceptors (Lipinski definition) is 6. The summed E-state index contributed by atoms with van der Waals surface area (Å²) in [6.07, 6.45) is -2.80. The van der Waals surface area contributed by atoms with Gasteiger partial charge in [0.05, 0.1) is 11.1 Å². The summed E-state index contributed by atoms with van der Waals surface area (Å²) in [6, 6.07) is 10.7. The molecule has 0 spiro atoms.